The van der Waals surface area contributed by atoms with E-state index in [9.17, 15) is 13.2 Å². The van der Waals surface area contributed by atoms with E-state index in [1.165, 1.54) is 41.8 Å². The first kappa shape index (κ1) is 17.8. The molecule has 1 saturated heterocycles. The minimum absolute atomic E-state index is 0.0508. The molecule has 25 heavy (non-hydrogen) atoms. The summed E-state index contributed by atoms with van der Waals surface area (Å²) in [6.45, 7) is 0.908. The van der Waals surface area contributed by atoms with Gasteiger partial charge in [-0.1, -0.05) is 0 Å². The molecule has 9 heteroatoms. The van der Waals surface area contributed by atoms with E-state index in [1.807, 2.05) is 0 Å². The van der Waals surface area contributed by atoms with Crippen molar-refractivity contribution in [2.75, 3.05) is 17.9 Å². The van der Waals surface area contributed by atoms with Crippen LogP contribution in [0.25, 0.3) is 0 Å². The van der Waals surface area contributed by atoms with E-state index in [-0.39, 0.29) is 22.7 Å². The molecule has 1 aromatic carbocycles. The third kappa shape index (κ3) is 4.77. The number of thiazole rings is 1. The van der Waals surface area contributed by atoms with E-state index in [1.54, 1.807) is 5.38 Å². The van der Waals surface area contributed by atoms with E-state index in [0.717, 1.165) is 19.3 Å². The third-order valence-corrected chi connectivity index (χ3v) is 5.90. The van der Waals surface area contributed by atoms with Gasteiger partial charge >= 0.3 is 5.97 Å². The molecule has 1 fully saturated rings. The highest BCUT2D eigenvalue weighted by Crippen LogP contribution is 2.19. The van der Waals surface area contributed by atoms with Crippen LogP contribution in [-0.2, 0) is 19.5 Å². The van der Waals surface area contributed by atoms with Crippen molar-refractivity contribution in [2.24, 2.45) is 0 Å². The Labute approximate surface area is 150 Å². The van der Waals surface area contributed by atoms with Crippen molar-refractivity contribution in [3.8, 4) is 0 Å². The number of esters is 1. The van der Waals surface area contributed by atoms with Gasteiger partial charge in [-0.15, -0.1) is 11.3 Å². The first-order valence-corrected chi connectivity index (χ1v) is 10.2. The van der Waals surface area contributed by atoms with Crippen LogP contribution >= 0.6 is 11.3 Å². The highest BCUT2D eigenvalue weighted by molar-refractivity contribution is 7.93. The molecule has 1 N–H and O–H groups in total. The van der Waals surface area contributed by atoms with Crippen LogP contribution in [0.5, 0.6) is 0 Å². The van der Waals surface area contributed by atoms with Crippen molar-refractivity contribution in [2.45, 2.75) is 30.3 Å². The second kappa shape index (κ2) is 7.94. The fourth-order valence-corrected chi connectivity index (χ4v) is 4.20. The normalized spacial score (nSPS) is 17.8. The molecule has 0 spiro atoms. The SMILES string of the molecule is O=C(OC[C@H]1CCCCO1)c1ccc(S(=O)(=O)Nc2nccs2)cc1. The number of anilines is 1. The molecule has 1 aliphatic heterocycles. The van der Waals surface area contributed by atoms with Crippen molar-refractivity contribution in [1.29, 1.82) is 0 Å². The topological polar surface area (TPSA) is 94.6 Å². The summed E-state index contributed by atoms with van der Waals surface area (Å²) in [5.74, 6) is -0.494. The number of hydrogen-bond acceptors (Lipinski definition) is 7. The van der Waals surface area contributed by atoms with Crippen LogP contribution < -0.4 is 4.72 Å². The highest BCUT2D eigenvalue weighted by atomic mass is 32.2. The molecule has 0 aliphatic carbocycles. The number of benzene rings is 1. The molecular formula is C16H18N2O5S2. The van der Waals surface area contributed by atoms with Gasteiger partial charge in [-0.2, -0.15) is 0 Å². The van der Waals surface area contributed by atoms with Crippen molar-refractivity contribution in [1.82, 2.24) is 4.98 Å². The third-order valence-electron chi connectivity index (χ3n) is 3.73. The highest BCUT2D eigenvalue weighted by Gasteiger charge is 2.19. The molecule has 1 aliphatic rings. The van der Waals surface area contributed by atoms with Gasteiger partial charge in [0.2, 0.25) is 0 Å². The van der Waals surface area contributed by atoms with E-state index < -0.39 is 16.0 Å². The average molecular weight is 382 g/mol. The monoisotopic (exact) mass is 382 g/mol. The van der Waals surface area contributed by atoms with Gasteiger partial charge in [-0.05, 0) is 43.5 Å². The predicted octanol–water partition coefficient (Wildman–Crippen LogP) is 2.67. The van der Waals surface area contributed by atoms with Crippen LogP contribution in [0.15, 0.2) is 40.7 Å². The lowest BCUT2D eigenvalue weighted by atomic mass is 10.1. The van der Waals surface area contributed by atoms with Gasteiger partial charge in [0.25, 0.3) is 10.0 Å². The molecule has 3 rings (SSSR count). The van der Waals surface area contributed by atoms with E-state index >= 15 is 0 Å². The summed E-state index contributed by atoms with van der Waals surface area (Å²) >= 11 is 1.19. The Balaban J connectivity index is 1.60. The second-order valence-electron chi connectivity index (χ2n) is 5.55. The molecule has 0 bridgehead atoms. The van der Waals surface area contributed by atoms with Crippen LogP contribution in [-0.4, -0.2) is 38.7 Å². The molecule has 0 radical (unpaired) electrons. The lowest BCUT2D eigenvalue weighted by Crippen LogP contribution is -2.26. The Bertz CT molecular complexity index is 798. The summed E-state index contributed by atoms with van der Waals surface area (Å²) in [4.78, 5) is 16.0. The van der Waals surface area contributed by atoms with Crippen LogP contribution in [0.3, 0.4) is 0 Å². The Hall–Kier alpha value is -1.97. The second-order valence-corrected chi connectivity index (χ2v) is 8.13. The van der Waals surface area contributed by atoms with E-state index in [2.05, 4.69) is 9.71 Å². The minimum atomic E-state index is -3.73. The average Bonchev–Trinajstić information content (AvgIpc) is 3.13. The van der Waals surface area contributed by atoms with Gasteiger partial charge in [0, 0.05) is 18.2 Å². The molecule has 1 aromatic heterocycles. The number of sulfonamides is 1. The lowest BCUT2D eigenvalue weighted by molar-refractivity contribution is -0.0300. The van der Waals surface area contributed by atoms with Crippen molar-refractivity contribution in [3.05, 3.63) is 41.4 Å². The summed E-state index contributed by atoms with van der Waals surface area (Å²) in [6, 6.07) is 5.59. The van der Waals surface area contributed by atoms with Crippen LogP contribution in [0, 0.1) is 0 Å². The number of hydrogen-bond donors (Lipinski definition) is 1. The maximum atomic E-state index is 12.2. The number of aromatic nitrogens is 1. The summed E-state index contributed by atoms with van der Waals surface area (Å²) in [7, 11) is -3.73. The van der Waals surface area contributed by atoms with E-state index in [0.29, 0.717) is 12.2 Å². The molecule has 0 amide bonds. The maximum absolute atomic E-state index is 12.2. The summed E-state index contributed by atoms with van der Waals surface area (Å²) in [5.41, 5.74) is 0.295. The zero-order chi connectivity index (χ0) is 17.7. The molecule has 0 unspecified atom stereocenters. The van der Waals surface area contributed by atoms with Crippen LogP contribution in [0.4, 0.5) is 5.13 Å². The van der Waals surface area contributed by atoms with Crippen LogP contribution in [0.1, 0.15) is 29.6 Å². The fraction of sp³-hybridized carbons (Fsp3) is 0.375. The quantitative estimate of drug-likeness (QED) is 0.772. The molecule has 7 nitrogen and oxygen atoms in total. The Morgan fingerprint density at radius 1 is 1.32 bits per heavy atom. The minimum Gasteiger partial charge on any atom is -0.459 e. The molecule has 134 valence electrons. The van der Waals surface area contributed by atoms with Crippen LogP contribution in [0.2, 0.25) is 0 Å². The van der Waals surface area contributed by atoms with Gasteiger partial charge in [-0.25, -0.2) is 18.2 Å². The molecule has 2 heterocycles. The maximum Gasteiger partial charge on any atom is 0.338 e. The first-order valence-electron chi connectivity index (χ1n) is 7.86. The van der Waals surface area contributed by atoms with E-state index in [4.69, 9.17) is 9.47 Å². The largest absolute Gasteiger partial charge is 0.459 e. The van der Waals surface area contributed by atoms with Crippen molar-refractivity contribution in [3.63, 3.8) is 0 Å². The number of ether oxygens (including phenoxy) is 2. The number of nitrogens with one attached hydrogen (secondary N) is 1. The molecule has 0 saturated carbocycles. The Morgan fingerprint density at radius 2 is 2.12 bits per heavy atom. The summed E-state index contributed by atoms with van der Waals surface area (Å²) in [6.07, 6.45) is 4.45. The number of nitrogens with zero attached hydrogens (tertiary/aromatic N) is 1. The fourth-order valence-electron chi connectivity index (χ4n) is 2.41. The zero-order valence-corrected chi connectivity index (χ0v) is 15.0. The predicted molar refractivity (Wildman–Crippen MR) is 93.2 cm³/mol. The van der Waals surface area contributed by atoms with Gasteiger partial charge in [0.15, 0.2) is 5.13 Å². The van der Waals surface area contributed by atoms with Crippen molar-refractivity contribution >= 4 is 32.5 Å². The smallest absolute Gasteiger partial charge is 0.338 e. The van der Waals surface area contributed by atoms with Gasteiger partial charge in [0.1, 0.15) is 6.61 Å². The van der Waals surface area contributed by atoms with Gasteiger partial charge in [0.05, 0.1) is 16.6 Å². The standard InChI is InChI=1S/C16H18N2O5S2/c19-15(23-11-13-3-1-2-9-22-13)12-4-6-14(7-5-12)25(20,21)18-16-17-8-10-24-16/h4-8,10,13H,1-3,9,11H2,(H,17,18)/t13-/m1/s1. The number of carbonyl (C=O) groups is 1. The summed E-state index contributed by atoms with van der Waals surface area (Å²) in [5, 5.41) is 1.96. The molecular weight excluding hydrogens is 364 g/mol. The zero-order valence-electron chi connectivity index (χ0n) is 13.4. The molecule has 2 aromatic rings. The first-order chi connectivity index (χ1) is 12.0. The Kier molecular flexibility index (Phi) is 5.67. The van der Waals surface area contributed by atoms with Crippen molar-refractivity contribution < 1.29 is 22.7 Å². The van der Waals surface area contributed by atoms with Gasteiger partial charge < -0.3 is 9.47 Å². The molecule has 1 atom stereocenters. The number of carbonyl (C=O) groups excluding carboxylic acids is 1. The number of rotatable bonds is 6. The Morgan fingerprint density at radius 3 is 2.76 bits per heavy atom. The lowest BCUT2D eigenvalue weighted by Gasteiger charge is -2.22. The summed E-state index contributed by atoms with van der Waals surface area (Å²) < 4.78 is 37.6. The van der Waals surface area contributed by atoms with Gasteiger partial charge in [-0.3, -0.25) is 4.72 Å².